The second kappa shape index (κ2) is 4.49. The summed E-state index contributed by atoms with van der Waals surface area (Å²) in [5.41, 5.74) is 9.02. The van der Waals surface area contributed by atoms with Crippen molar-refractivity contribution in [1.29, 1.82) is 0 Å². The number of hydrogen-bond acceptors (Lipinski definition) is 3. The number of anilines is 3. The Kier molecular flexibility index (Phi) is 3.04. The highest BCUT2D eigenvalue weighted by Crippen LogP contribution is 2.26. The molecular weight excluding hydrogens is 212 g/mol. The van der Waals surface area contributed by atoms with E-state index in [1.54, 1.807) is 4.68 Å². The Labute approximate surface area is 102 Å². The summed E-state index contributed by atoms with van der Waals surface area (Å²) in [6.07, 6.45) is 2.86. The molecule has 0 saturated heterocycles. The van der Waals surface area contributed by atoms with Gasteiger partial charge in [0.15, 0.2) is 5.82 Å². The lowest BCUT2D eigenvalue weighted by molar-refractivity contribution is 0.765. The Morgan fingerprint density at radius 1 is 1.29 bits per heavy atom. The molecule has 0 unspecified atom stereocenters. The van der Waals surface area contributed by atoms with Gasteiger partial charge in [-0.05, 0) is 24.1 Å². The molecule has 0 radical (unpaired) electrons. The van der Waals surface area contributed by atoms with Crippen LogP contribution in [0.2, 0.25) is 0 Å². The van der Waals surface area contributed by atoms with Gasteiger partial charge in [0.1, 0.15) is 0 Å². The summed E-state index contributed by atoms with van der Waals surface area (Å²) in [5.74, 6) is 0.789. The lowest BCUT2D eigenvalue weighted by atomic mass is 10.1. The van der Waals surface area contributed by atoms with Crippen LogP contribution in [0.4, 0.5) is 17.2 Å². The third kappa shape index (κ3) is 2.25. The Hall–Kier alpha value is -1.97. The molecule has 2 N–H and O–H groups in total. The molecule has 0 aliphatic heterocycles. The van der Waals surface area contributed by atoms with Crippen LogP contribution in [0.1, 0.15) is 12.5 Å². The molecule has 4 heteroatoms. The van der Waals surface area contributed by atoms with Crippen LogP contribution >= 0.6 is 0 Å². The number of benzene rings is 1. The van der Waals surface area contributed by atoms with Gasteiger partial charge in [-0.15, -0.1) is 0 Å². The maximum absolute atomic E-state index is 5.91. The molecular formula is C13H18N4. The molecule has 1 aromatic carbocycles. The van der Waals surface area contributed by atoms with Crippen molar-refractivity contribution >= 4 is 17.2 Å². The number of rotatable bonds is 3. The van der Waals surface area contributed by atoms with Gasteiger partial charge in [0.25, 0.3) is 0 Å². The lowest BCUT2D eigenvalue weighted by Gasteiger charge is -2.17. The van der Waals surface area contributed by atoms with Crippen LogP contribution in [0.3, 0.4) is 0 Å². The van der Waals surface area contributed by atoms with Crippen molar-refractivity contribution in [2.24, 2.45) is 7.05 Å². The molecule has 17 heavy (non-hydrogen) atoms. The topological polar surface area (TPSA) is 47.1 Å². The number of hydrogen-bond donors (Lipinski definition) is 1. The van der Waals surface area contributed by atoms with Crippen molar-refractivity contribution in [3.8, 4) is 0 Å². The molecule has 0 aliphatic carbocycles. The van der Waals surface area contributed by atoms with Crippen LogP contribution in [-0.4, -0.2) is 16.8 Å². The van der Waals surface area contributed by atoms with Crippen molar-refractivity contribution in [2.75, 3.05) is 17.7 Å². The third-order valence-electron chi connectivity index (χ3n) is 2.89. The Balaban J connectivity index is 2.30. The van der Waals surface area contributed by atoms with Crippen LogP contribution < -0.4 is 10.6 Å². The van der Waals surface area contributed by atoms with Gasteiger partial charge in [-0.25, -0.2) is 0 Å². The smallest absolute Gasteiger partial charge is 0.178 e. The zero-order valence-electron chi connectivity index (χ0n) is 10.5. The van der Waals surface area contributed by atoms with E-state index in [2.05, 4.69) is 36.3 Å². The van der Waals surface area contributed by atoms with E-state index in [4.69, 9.17) is 5.73 Å². The van der Waals surface area contributed by atoms with E-state index in [0.717, 1.165) is 17.9 Å². The van der Waals surface area contributed by atoms with Gasteiger partial charge < -0.3 is 10.6 Å². The molecule has 2 aromatic rings. The largest absolute Gasteiger partial charge is 0.394 e. The number of nitrogens with two attached hydrogens (primary N) is 1. The van der Waals surface area contributed by atoms with E-state index in [1.807, 2.05) is 25.2 Å². The fourth-order valence-corrected chi connectivity index (χ4v) is 1.83. The van der Waals surface area contributed by atoms with Crippen LogP contribution in [-0.2, 0) is 13.5 Å². The molecule has 0 amide bonds. The van der Waals surface area contributed by atoms with Gasteiger partial charge in [-0.3, -0.25) is 4.68 Å². The number of nitrogen functional groups attached to an aromatic ring is 1. The van der Waals surface area contributed by atoms with Gasteiger partial charge in [0, 0.05) is 26.0 Å². The molecule has 1 aromatic heterocycles. The van der Waals surface area contributed by atoms with E-state index < -0.39 is 0 Å². The maximum atomic E-state index is 5.91. The molecule has 2 rings (SSSR count). The first-order valence-corrected chi connectivity index (χ1v) is 5.73. The fourth-order valence-electron chi connectivity index (χ4n) is 1.83. The summed E-state index contributed by atoms with van der Waals surface area (Å²) in [5, 5.41) is 4.35. The minimum absolute atomic E-state index is 0.689. The predicted octanol–water partition coefficient (Wildman–Crippen LogP) is 2.33. The average molecular weight is 230 g/mol. The second-order valence-corrected chi connectivity index (χ2v) is 4.16. The quantitative estimate of drug-likeness (QED) is 0.880. The Morgan fingerprint density at radius 3 is 2.41 bits per heavy atom. The van der Waals surface area contributed by atoms with Crippen molar-refractivity contribution in [2.45, 2.75) is 13.3 Å². The SMILES string of the molecule is CCc1ccc(N(C)c2nn(C)cc2N)cc1. The van der Waals surface area contributed by atoms with Crippen LogP contribution in [0.5, 0.6) is 0 Å². The molecule has 0 atom stereocenters. The van der Waals surface area contributed by atoms with E-state index in [-0.39, 0.29) is 0 Å². The molecule has 0 spiro atoms. The number of nitrogens with zero attached hydrogens (tertiary/aromatic N) is 3. The first-order chi connectivity index (χ1) is 8.11. The van der Waals surface area contributed by atoms with Crippen LogP contribution in [0.25, 0.3) is 0 Å². The standard InChI is InChI=1S/C13H18N4/c1-4-10-5-7-11(8-6-10)17(3)13-12(14)9-16(2)15-13/h5-9H,4,14H2,1-3H3. The minimum Gasteiger partial charge on any atom is -0.394 e. The normalized spacial score (nSPS) is 10.5. The number of aromatic nitrogens is 2. The fraction of sp³-hybridized carbons (Fsp3) is 0.308. The van der Waals surface area contributed by atoms with E-state index in [1.165, 1.54) is 5.56 Å². The van der Waals surface area contributed by atoms with Crippen molar-refractivity contribution in [3.63, 3.8) is 0 Å². The summed E-state index contributed by atoms with van der Waals surface area (Å²) >= 11 is 0. The van der Waals surface area contributed by atoms with Crippen LogP contribution in [0, 0.1) is 0 Å². The van der Waals surface area contributed by atoms with Crippen molar-refractivity contribution in [3.05, 3.63) is 36.0 Å². The second-order valence-electron chi connectivity index (χ2n) is 4.16. The number of aryl methyl sites for hydroxylation is 2. The Bertz CT molecular complexity index is 499. The molecule has 1 heterocycles. The average Bonchev–Trinajstić information content (AvgIpc) is 2.68. The Morgan fingerprint density at radius 2 is 1.94 bits per heavy atom. The van der Waals surface area contributed by atoms with E-state index in [0.29, 0.717) is 5.69 Å². The highest BCUT2D eigenvalue weighted by atomic mass is 15.3. The van der Waals surface area contributed by atoms with Gasteiger partial charge >= 0.3 is 0 Å². The molecule has 4 nitrogen and oxygen atoms in total. The van der Waals surface area contributed by atoms with Crippen molar-refractivity contribution in [1.82, 2.24) is 9.78 Å². The molecule has 90 valence electrons. The maximum Gasteiger partial charge on any atom is 0.178 e. The summed E-state index contributed by atoms with van der Waals surface area (Å²) in [6, 6.07) is 8.44. The monoisotopic (exact) mass is 230 g/mol. The van der Waals surface area contributed by atoms with E-state index >= 15 is 0 Å². The zero-order chi connectivity index (χ0) is 12.4. The summed E-state index contributed by atoms with van der Waals surface area (Å²) in [7, 11) is 3.84. The van der Waals surface area contributed by atoms with Crippen LogP contribution in [0.15, 0.2) is 30.5 Å². The zero-order valence-corrected chi connectivity index (χ0v) is 10.5. The lowest BCUT2D eigenvalue weighted by Crippen LogP contribution is -2.12. The third-order valence-corrected chi connectivity index (χ3v) is 2.89. The predicted molar refractivity (Wildman–Crippen MR) is 71.5 cm³/mol. The summed E-state index contributed by atoms with van der Waals surface area (Å²) < 4.78 is 1.72. The van der Waals surface area contributed by atoms with Gasteiger partial charge in [-0.1, -0.05) is 19.1 Å². The van der Waals surface area contributed by atoms with Gasteiger partial charge in [-0.2, -0.15) is 5.10 Å². The van der Waals surface area contributed by atoms with Gasteiger partial charge in [0.05, 0.1) is 5.69 Å². The molecule has 0 saturated carbocycles. The summed E-state index contributed by atoms with van der Waals surface area (Å²) in [4.78, 5) is 1.99. The van der Waals surface area contributed by atoms with Crippen molar-refractivity contribution < 1.29 is 0 Å². The minimum atomic E-state index is 0.689. The molecule has 0 bridgehead atoms. The highest BCUT2D eigenvalue weighted by Gasteiger charge is 2.11. The molecule has 0 fully saturated rings. The van der Waals surface area contributed by atoms with Gasteiger partial charge in [0.2, 0.25) is 0 Å². The van der Waals surface area contributed by atoms with E-state index in [9.17, 15) is 0 Å². The molecule has 0 aliphatic rings. The first-order valence-electron chi connectivity index (χ1n) is 5.73. The summed E-state index contributed by atoms with van der Waals surface area (Å²) in [6.45, 7) is 2.15. The highest BCUT2D eigenvalue weighted by molar-refractivity contribution is 5.70. The first kappa shape index (κ1) is 11.5.